The van der Waals surface area contributed by atoms with Crippen molar-refractivity contribution in [2.75, 3.05) is 28.6 Å². The van der Waals surface area contributed by atoms with E-state index in [4.69, 9.17) is 0 Å². The molecule has 0 saturated carbocycles. The van der Waals surface area contributed by atoms with Gasteiger partial charge in [-0.15, -0.1) is 11.3 Å². The number of carbonyl (C=O) groups is 1. The van der Waals surface area contributed by atoms with E-state index in [1.807, 2.05) is 17.0 Å². The number of piperidine rings is 1. The highest BCUT2D eigenvalue weighted by atomic mass is 32.1. The van der Waals surface area contributed by atoms with E-state index in [9.17, 15) is 14.4 Å². The Balaban J connectivity index is 1.39. The Bertz CT molecular complexity index is 1060. The molecule has 1 saturated heterocycles. The molecule has 0 aliphatic carbocycles. The maximum atomic E-state index is 12.2. The lowest BCUT2D eigenvalue weighted by molar-refractivity contribution is 0.102. The third-order valence-electron chi connectivity index (χ3n) is 5.32. The van der Waals surface area contributed by atoms with Crippen molar-refractivity contribution in [3.05, 3.63) is 67.4 Å². The summed E-state index contributed by atoms with van der Waals surface area (Å²) in [6.07, 6.45) is 3.69. The molecule has 0 bridgehead atoms. The van der Waals surface area contributed by atoms with E-state index in [2.05, 4.69) is 22.5 Å². The predicted octanol–water partition coefficient (Wildman–Crippen LogP) is 2.84. The molecule has 0 spiro atoms. The maximum Gasteiger partial charge on any atom is 0.257 e. The average Bonchev–Trinajstić information content (AvgIpc) is 3.25. The zero-order valence-electron chi connectivity index (χ0n) is 16.1. The summed E-state index contributed by atoms with van der Waals surface area (Å²) >= 11 is 1.36. The number of thiazole rings is 1. The smallest absolute Gasteiger partial charge is 0.257 e. The van der Waals surface area contributed by atoms with E-state index in [-0.39, 0.29) is 5.91 Å². The molecule has 4 rings (SSSR count). The monoisotopic (exact) mass is 410 g/mol. The van der Waals surface area contributed by atoms with Crippen molar-refractivity contribution in [2.24, 2.45) is 5.92 Å². The van der Waals surface area contributed by atoms with Crippen LogP contribution in [0.3, 0.4) is 0 Å². The number of anilines is 3. The molecule has 7 nitrogen and oxygen atoms in total. The van der Waals surface area contributed by atoms with E-state index in [0.717, 1.165) is 31.5 Å². The van der Waals surface area contributed by atoms with Crippen LogP contribution in [0, 0.1) is 5.92 Å². The van der Waals surface area contributed by atoms with Gasteiger partial charge >= 0.3 is 0 Å². The highest BCUT2D eigenvalue weighted by Gasteiger charge is 2.28. The lowest BCUT2D eigenvalue weighted by Gasteiger charge is -2.33. The second-order valence-electron chi connectivity index (χ2n) is 7.39. The van der Waals surface area contributed by atoms with Crippen LogP contribution in [0.25, 0.3) is 0 Å². The predicted molar refractivity (Wildman–Crippen MR) is 116 cm³/mol. The van der Waals surface area contributed by atoms with E-state index in [1.165, 1.54) is 11.3 Å². The molecule has 1 aromatic heterocycles. The number of rotatable bonds is 6. The zero-order chi connectivity index (χ0) is 20.4. The zero-order valence-corrected chi connectivity index (χ0v) is 16.9. The Morgan fingerprint density at radius 2 is 1.90 bits per heavy atom. The molecule has 0 radical (unpaired) electrons. The van der Waals surface area contributed by atoms with Crippen molar-refractivity contribution in [1.82, 2.24) is 4.98 Å². The highest BCUT2D eigenvalue weighted by Crippen LogP contribution is 2.26. The van der Waals surface area contributed by atoms with Gasteiger partial charge in [-0.2, -0.15) is 0 Å². The SMILES string of the molecule is CC1CCN(c2c(NCc3ccc(C(=O)Nc4nccs4)cc3)c(=O)c2=O)CC1. The number of nitrogens with one attached hydrogen (secondary N) is 2. The summed E-state index contributed by atoms with van der Waals surface area (Å²) < 4.78 is 0. The summed E-state index contributed by atoms with van der Waals surface area (Å²) in [5.74, 6) is 0.434. The molecule has 2 aromatic carbocycles. The Kier molecular flexibility index (Phi) is 5.44. The standard InChI is InChI=1S/C21H22N4O3S/c1-13-6-9-25(10-7-13)17-16(18(26)19(17)27)23-12-14-2-4-15(5-3-14)20(28)24-21-22-8-11-29-21/h2-5,8,11,13,23H,6-7,9-10,12H2,1H3,(H,22,24,28). The molecule has 150 valence electrons. The van der Waals surface area contributed by atoms with Crippen LogP contribution in [0.4, 0.5) is 16.5 Å². The summed E-state index contributed by atoms with van der Waals surface area (Å²) in [5.41, 5.74) is 1.55. The fourth-order valence-electron chi connectivity index (χ4n) is 3.50. The first kappa shape index (κ1) is 19.3. The number of hydrogen-bond acceptors (Lipinski definition) is 7. The molecule has 1 aliphatic heterocycles. The number of hydrogen-bond donors (Lipinski definition) is 2. The van der Waals surface area contributed by atoms with Gasteiger partial charge in [0.05, 0.1) is 0 Å². The van der Waals surface area contributed by atoms with Crippen molar-refractivity contribution in [3.8, 4) is 0 Å². The molecule has 0 atom stereocenters. The van der Waals surface area contributed by atoms with Gasteiger partial charge in [-0.3, -0.25) is 19.7 Å². The lowest BCUT2D eigenvalue weighted by atomic mass is 9.98. The molecule has 2 heterocycles. The van der Waals surface area contributed by atoms with Crippen LogP contribution in [0.2, 0.25) is 0 Å². The molecule has 0 unspecified atom stereocenters. The summed E-state index contributed by atoms with van der Waals surface area (Å²) in [6, 6.07) is 7.12. The molecular formula is C21H22N4O3S. The quantitative estimate of drug-likeness (QED) is 0.607. The summed E-state index contributed by atoms with van der Waals surface area (Å²) in [4.78, 5) is 42.4. The first-order valence-electron chi connectivity index (χ1n) is 9.65. The molecule has 1 aliphatic rings. The first-order valence-corrected chi connectivity index (χ1v) is 10.5. The molecule has 2 N–H and O–H groups in total. The fraction of sp³-hybridized carbons (Fsp3) is 0.333. The topological polar surface area (TPSA) is 91.4 Å². The minimum absolute atomic E-state index is 0.219. The first-order chi connectivity index (χ1) is 14.0. The second kappa shape index (κ2) is 8.16. The molecule has 29 heavy (non-hydrogen) atoms. The molecular weight excluding hydrogens is 388 g/mol. The minimum atomic E-state index is -0.446. The van der Waals surface area contributed by atoms with Gasteiger partial charge in [0, 0.05) is 36.8 Å². The van der Waals surface area contributed by atoms with Crippen LogP contribution >= 0.6 is 11.3 Å². The van der Waals surface area contributed by atoms with Crippen LogP contribution in [0.1, 0.15) is 35.7 Å². The van der Waals surface area contributed by atoms with Gasteiger partial charge < -0.3 is 10.2 Å². The van der Waals surface area contributed by atoms with Gasteiger partial charge in [0.25, 0.3) is 16.8 Å². The van der Waals surface area contributed by atoms with Crippen molar-refractivity contribution in [2.45, 2.75) is 26.3 Å². The van der Waals surface area contributed by atoms with E-state index in [1.54, 1.807) is 23.7 Å². The molecule has 8 heteroatoms. The number of amides is 1. The Morgan fingerprint density at radius 1 is 1.17 bits per heavy atom. The van der Waals surface area contributed by atoms with Crippen LogP contribution in [-0.4, -0.2) is 24.0 Å². The Morgan fingerprint density at radius 3 is 2.55 bits per heavy atom. The minimum Gasteiger partial charge on any atom is -0.376 e. The second-order valence-corrected chi connectivity index (χ2v) is 8.29. The largest absolute Gasteiger partial charge is 0.376 e. The van der Waals surface area contributed by atoms with Crippen LogP contribution in [-0.2, 0) is 6.54 Å². The lowest BCUT2D eigenvalue weighted by Crippen LogP contribution is -2.45. The van der Waals surface area contributed by atoms with Gasteiger partial charge in [-0.05, 0) is 36.5 Å². The summed E-state index contributed by atoms with van der Waals surface area (Å²) in [5, 5.41) is 8.21. The van der Waals surface area contributed by atoms with Crippen LogP contribution < -0.4 is 26.4 Å². The highest BCUT2D eigenvalue weighted by molar-refractivity contribution is 7.13. The number of nitrogens with zero attached hydrogens (tertiary/aromatic N) is 2. The number of benzene rings is 1. The normalized spacial score (nSPS) is 14.9. The van der Waals surface area contributed by atoms with E-state index in [0.29, 0.717) is 34.5 Å². The van der Waals surface area contributed by atoms with Gasteiger partial charge in [-0.1, -0.05) is 19.1 Å². The third kappa shape index (κ3) is 4.07. The van der Waals surface area contributed by atoms with Gasteiger partial charge in [0.1, 0.15) is 11.4 Å². The van der Waals surface area contributed by atoms with Crippen molar-refractivity contribution < 1.29 is 4.79 Å². The van der Waals surface area contributed by atoms with Crippen molar-refractivity contribution in [3.63, 3.8) is 0 Å². The van der Waals surface area contributed by atoms with Crippen molar-refractivity contribution >= 4 is 33.8 Å². The van der Waals surface area contributed by atoms with Crippen LogP contribution in [0.5, 0.6) is 0 Å². The maximum absolute atomic E-state index is 12.2. The Hall–Kier alpha value is -3.00. The molecule has 1 amide bonds. The van der Waals surface area contributed by atoms with Gasteiger partial charge in [-0.25, -0.2) is 4.98 Å². The van der Waals surface area contributed by atoms with Gasteiger partial charge in [0.2, 0.25) is 0 Å². The van der Waals surface area contributed by atoms with Crippen LogP contribution in [0.15, 0.2) is 45.4 Å². The summed E-state index contributed by atoms with van der Waals surface area (Å²) in [6.45, 7) is 4.24. The van der Waals surface area contributed by atoms with Crippen molar-refractivity contribution in [1.29, 1.82) is 0 Å². The van der Waals surface area contributed by atoms with E-state index >= 15 is 0 Å². The third-order valence-corrected chi connectivity index (χ3v) is 6.01. The fourth-order valence-corrected chi connectivity index (χ4v) is 4.02. The molecule has 1 fully saturated rings. The molecule has 3 aromatic rings. The number of carbonyl (C=O) groups excluding carboxylic acids is 1. The average molecular weight is 410 g/mol. The van der Waals surface area contributed by atoms with Gasteiger partial charge in [0.15, 0.2) is 5.13 Å². The summed E-state index contributed by atoms with van der Waals surface area (Å²) in [7, 11) is 0. The van der Waals surface area contributed by atoms with E-state index < -0.39 is 10.9 Å². The Labute approximate surface area is 172 Å². The number of aromatic nitrogens is 1.